The van der Waals surface area contributed by atoms with Gasteiger partial charge in [-0.1, -0.05) is 6.07 Å². The zero-order chi connectivity index (χ0) is 19.6. The lowest BCUT2D eigenvalue weighted by atomic mass is 10.3. The minimum absolute atomic E-state index is 0.00318. The molecule has 0 unspecified atom stereocenters. The Labute approximate surface area is 160 Å². The lowest BCUT2D eigenvalue weighted by Gasteiger charge is -2.09. The van der Waals surface area contributed by atoms with Crippen LogP contribution in [0.2, 0.25) is 0 Å². The maximum absolute atomic E-state index is 12.1. The highest BCUT2D eigenvalue weighted by molar-refractivity contribution is 8.00. The second kappa shape index (κ2) is 10.2. The van der Waals surface area contributed by atoms with Crippen molar-refractivity contribution in [1.29, 1.82) is 0 Å². The third kappa shape index (κ3) is 6.98. The molecule has 0 heterocycles. The fourth-order valence-electron chi connectivity index (χ4n) is 2.02. The Balaban J connectivity index is 1.83. The highest BCUT2D eigenvalue weighted by Crippen LogP contribution is 2.22. The fraction of sp³-hybridized carbons (Fsp3) is 0.222. The molecule has 9 heteroatoms. The topological polar surface area (TPSA) is 108 Å². The van der Waals surface area contributed by atoms with Gasteiger partial charge in [0, 0.05) is 28.8 Å². The van der Waals surface area contributed by atoms with E-state index < -0.39 is 10.9 Å². The Morgan fingerprint density at radius 3 is 2.59 bits per heavy atom. The molecule has 0 aliphatic heterocycles. The molecule has 0 aliphatic carbocycles. The van der Waals surface area contributed by atoms with E-state index in [0.29, 0.717) is 11.4 Å². The highest BCUT2D eigenvalue weighted by atomic mass is 32.2. The molecule has 142 valence electrons. The molecule has 1 N–H and O–H groups in total. The van der Waals surface area contributed by atoms with E-state index >= 15 is 0 Å². The van der Waals surface area contributed by atoms with Gasteiger partial charge in [-0.2, -0.15) is 0 Å². The number of amides is 1. The van der Waals surface area contributed by atoms with E-state index in [2.05, 4.69) is 5.32 Å². The van der Waals surface area contributed by atoms with Gasteiger partial charge in [-0.25, -0.2) is 4.79 Å². The van der Waals surface area contributed by atoms with Crippen molar-refractivity contribution in [3.8, 4) is 5.75 Å². The predicted molar refractivity (Wildman–Crippen MR) is 101 cm³/mol. The Morgan fingerprint density at radius 2 is 1.93 bits per heavy atom. The lowest BCUT2D eigenvalue weighted by molar-refractivity contribution is -0.384. The molecule has 0 fully saturated rings. The Hall–Kier alpha value is -3.07. The van der Waals surface area contributed by atoms with Gasteiger partial charge < -0.3 is 14.8 Å². The monoisotopic (exact) mass is 390 g/mol. The van der Waals surface area contributed by atoms with Crippen LogP contribution in [-0.2, 0) is 14.3 Å². The van der Waals surface area contributed by atoms with Crippen molar-refractivity contribution < 1.29 is 24.0 Å². The van der Waals surface area contributed by atoms with Crippen LogP contribution >= 0.6 is 11.8 Å². The number of non-ortho nitro benzene ring substituents is 1. The summed E-state index contributed by atoms with van der Waals surface area (Å²) in [5.74, 6) is -0.123. The maximum atomic E-state index is 12.1. The lowest BCUT2D eigenvalue weighted by Crippen LogP contribution is -2.15. The van der Waals surface area contributed by atoms with Crippen molar-refractivity contribution in [2.75, 3.05) is 24.3 Å². The zero-order valence-corrected chi connectivity index (χ0v) is 15.4. The first-order chi connectivity index (χ1) is 13.0. The summed E-state index contributed by atoms with van der Waals surface area (Å²) in [6.07, 6.45) is 0. The smallest absolute Gasteiger partial charge is 0.344 e. The molecule has 0 saturated heterocycles. The first kappa shape index (κ1) is 20.2. The zero-order valence-electron chi connectivity index (χ0n) is 14.5. The highest BCUT2D eigenvalue weighted by Gasteiger charge is 2.08. The molecule has 2 rings (SSSR count). The third-order valence-corrected chi connectivity index (χ3v) is 4.21. The van der Waals surface area contributed by atoms with Gasteiger partial charge in [0.05, 0.1) is 17.3 Å². The number of carbonyl (C=O) groups is 2. The molecule has 0 spiro atoms. The summed E-state index contributed by atoms with van der Waals surface area (Å²) in [6.45, 7) is 1.79. The SMILES string of the molecule is CCOC(=O)COc1cccc(NC(=O)CSc2ccc([N+](=O)[O-])cc2)c1. The number of nitro groups is 1. The number of ether oxygens (including phenoxy) is 2. The normalized spacial score (nSPS) is 10.1. The van der Waals surface area contributed by atoms with Gasteiger partial charge in [0.15, 0.2) is 6.61 Å². The average molecular weight is 390 g/mol. The molecule has 2 aromatic carbocycles. The van der Waals surface area contributed by atoms with E-state index in [1.807, 2.05) is 0 Å². The fourth-order valence-corrected chi connectivity index (χ4v) is 2.72. The molecule has 27 heavy (non-hydrogen) atoms. The maximum Gasteiger partial charge on any atom is 0.344 e. The third-order valence-electron chi connectivity index (χ3n) is 3.20. The number of nitrogens with one attached hydrogen (secondary N) is 1. The van der Waals surface area contributed by atoms with E-state index in [1.165, 1.54) is 23.9 Å². The summed E-state index contributed by atoms with van der Waals surface area (Å²) in [5, 5.41) is 13.4. The molecular formula is C18H18N2O6S. The molecule has 0 aromatic heterocycles. The molecule has 2 aromatic rings. The van der Waals surface area contributed by atoms with E-state index in [9.17, 15) is 19.7 Å². The Bertz CT molecular complexity index is 810. The van der Waals surface area contributed by atoms with Crippen LogP contribution in [0.1, 0.15) is 6.92 Å². The molecule has 0 atom stereocenters. The standard InChI is InChI=1S/C18H18N2O6S/c1-2-25-18(22)11-26-15-5-3-4-13(10-15)19-17(21)12-27-16-8-6-14(7-9-16)20(23)24/h3-10H,2,11-12H2,1H3,(H,19,21). The van der Waals surface area contributed by atoms with Gasteiger partial charge in [0.25, 0.3) is 5.69 Å². The summed E-state index contributed by atoms with van der Waals surface area (Å²) in [4.78, 5) is 34.3. The van der Waals surface area contributed by atoms with Crippen LogP contribution in [0.4, 0.5) is 11.4 Å². The van der Waals surface area contributed by atoms with Crippen LogP contribution in [0, 0.1) is 10.1 Å². The molecule has 1 amide bonds. The van der Waals surface area contributed by atoms with E-state index in [1.54, 1.807) is 43.3 Å². The van der Waals surface area contributed by atoms with Crippen LogP contribution in [0.15, 0.2) is 53.4 Å². The molecule has 0 saturated carbocycles. The first-order valence-corrected chi connectivity index (χ1v) is 9.02. The van der Waals surface area contributed by atoms with Crippen molar-refractivity contribution in [2.45, 2.75) is 11.8 Å². The summed E-state index contributed by atoms with van der Waals surface area (Å²) in [7, 11) is 0. The predicted octanol–water partition coefficient (Wildman–Crippen LogP) is 3.27. The minimum atomic E-state index is -0.474. The Kier molecular flexibility index (Phi) is 7.63. The van der Waals surface area contributed by atoms with Crippen LogP contribution in [0.25, 0.3) is 0 Å². The summed E-state index contributed by atoms with van der Waals surface area (Å²) in [6, 6.07) is 12.6. The second-order valence-electron chi connectivity index (χ2n) is 5.21. The second-order valence-corrected chi connectivity index (χ2v) is 6.26. The number of esters is 1. The van der Waals surface area contributed by atoms with Crippen LogP contribution in [-0.4, -0.2) is 35.8 Å². The summed E-state index contributed by atoms with van der Waals surface area (Å²) in [5.41, 5.74) is 0.536. The molecule has 0 radical (unpaired) electrons. The molecule has 0 aliphatic rings. The van der Waals surface area contributed by atoms with E-state index in [4.69, 9.17) is 9.47 Å². The van der Waals surface area contributed by atoms with Crippen molar-refractivity contribution in [2.24, 2.45) is 0 Å². The quantitative estimate of drug-likeness (QED) is 0.303. The van der Waals surface area contributed by atoms with Crippen molar-refractivity contribution in [3.63, 3.8) is 0 Å². The molecule has 0 bridgehead atoms. The average Bonchev–Trinajstić information content (AvgIpc) is 2.65. The number of rotatable bonds is 9. The van der Waals surface area contributed by atoms with E-state index in [0.717, 1.165) is 4.90 Å². The molecular weight excluding hydrogens is 372 g/mol. The number of carbonyl (C=O) groups excluding carboxylic acids is 2. The van der Waals surface area contributed by atoms with Gasteiger partial charge in [-0.15, -0.1) is 11.8 Å². The van der Waals surface area contributed by atoms with Gasteiger partial charge >= 0.3 is 5.97 Å². The van der Waals surface area contributed by atoms with Gasteiger partial charge in [0.2, 0.25) is 5.91 Å². The number of thioether (sulfide) groups is 1. The van der Waals surface area contributed by atoms with Gasteiger partial charge in [-0.3, -0.25) is 14.9 Å². The van der Waals surface area contributed by atoms with Gasteiger partial charge in [-0.05, 0) is 31.2 Å². The van der Waals surface area contributed by atoms with Gasteiger partial charge in [0.1, 0.15) is 5.75 Å². The van der Waals surface area contributed by atoms with Crippen molar-refractivity contribution in [3.05, 3.63) is 58.6 Å². The first-order valence-electron chi connectivity index (χ1n) is 8.03. The summed E-state index contributed by atoms with van der Waals surface area (Å²) >= 11 is 1.26. The number of benzene rings is 2. The van der Waals surface area contributed by atoms with Crippen LogP contribution < -0.4 is 10.1 Å². The van der Waals surface area contributed by atoms with Crippen molar-refractivity contribution >= 4 is 35.0 Å². The largest absolute Gasteiger partial charge is 0.482 e. The number of hydrogen-bond acceptors (Lipinski definition) is 7. The number of nitro benzene ring substituents is 1. The molecule has 8 nitrogen and oxygen atoms in total. The number of nitrogens with zero attached hydrogens (tertiary/aromatic N) is 1. The van der Waals surface area contributed by atoms with Crippen LogP contribution in [0.3, 0.4) is 0 Å². The number of hydrogen-bond donors (Lipinski definition) is 1. The number of anilines is 1. The Morgan fingerprint density at radius 1 is 1.19 bits per heavy atom. The summed E-state index contributed by atoms with van der Waals surface area (Å²) < 4.78 is 10.1. The van der Waals surface area contributed by atoms with Crippen LogP contribution in [0.5, 0.6) is 5.75 Å². The van der Waals surface area contributed by atoms with Crippen molar-refractivity contribution in [1.82, 2.24) is 0 Å². The minimum Gasteiger partial charge on any atom is -0.482 e. The van der Waals surface area contributed by atoms with E-state index in [-0.39, 0.29) is 30.6 Å².